The van der Waals surface area contributed by atoms with E-state index < -0.39 is 0 Å². The molecule has 0 atom stereocenters. The van der Waals surface area contributed by atoms with Crippen molar-refractivity contribution in [3.8, 4) is 5.75 Å². The molecule has 124 valence electrons. The predicted molar refractivity (Wildman–Crippen MR) is 101 cm³/mol. The molecule has 0 heterocycles. The van der Waals surface area contributed by atoms with Crippen molar-refractivity contribution in [1.29, 1.82) is 0 Å². The van der Waals surface area contributed by atoms with E-state index in [-0.39, 0.29) is 5.78 Å². The summed E-state index contributed by atoms with van der Waals surface area (Å²) in [6.45, 7) is 0. The molecule has 0 bridgehead atoms. The largest absolute Gasteiger partial charge is 0.496 e. The lowest BCUT2D eigenvalue weighted by atomic mass is 9.99. The second-order valence-electron chi connectivity index (χ2n) is 5.34. The Morgan fingerprint density at radius 3 is 2.36 bits per heavy atom. The van der Waals surface area contributed by atoms with Gasteiger partial charge in [-0.3, -0.25) is 4.79 Å². The number of ketones is 1. The topological polar surface area (TPSA) is 38.7 Å². The first-order chi connectivity index (χ1) is 12.2. The standard InChI is InChI=1S/C21H16ClNO2/c1-25-19-13-6-5-12-18(19)21(24)20(15-8-7-9-16(22)14-15)23-17-10-3-2-4-11-17/h2-14H,1H3. The number of carbonyl (C=O) groups excluding carboxylic acids is 1. The molecule has 0 N–H and O–H groups in total. The van der Waals surface area contributed by atoms with Gasteiger partial charge in [0, 0.05) is 10.6 Å². The van der Waals surface area contributed by atoms with Gasteiger partial charge in [0.25, 0.3) is 0 Å². The molecule has 0 fully saturated rings. The molecule has 25 heavy (non-hydrogen) atoms. The summed E-state index contributed by atoms with van der Waals surface area (Å²) in [4.78, 5) is 17.8. The highest BCUT2D eigenvalue weighted by molar-refractivity contribution is 6.52. The van der Waals surface area contributed by atoms with Crippen LogP contribution in [-0.4, -0.2) is 18.6 Å². The zero-order valence-electron chi connectivity index (χ0n) is 13.6. The highest BCUT2D eigenvalue weighted by Gasteiger charge is 2.20. The number of methoxy groups -OCH3 is 1. The van der Waals surface area contributed by atoms with E-state index in [0.29, 0.717) is 33.3 Å². The Labute approximate surface area is 151 Å². The number of carbonyl (C=O) groups is 1. The number of para-hydroxylation sites is 2. The molecule has 0 saturated heterocycles. The van der Waals surface area contributed by atoms with E-state index in [1.54, 1.807) is 43.5 Å². The molecule has 0 radical (unpaired) electrons. The average molecular weight is 350 g/mol. The Morgan fingerprint density at radius 2 is 1.64 bits per heavy atom. The van der Waals surface area contributed by atoms with Gasteiger partial charge in [-0.25, -0.2) is 4.99 Å². The number of hydrogen-bond acceptors (Lipinski definition) is 3. The summed E-state index contributed by atoms with van der Waals surface area (Å²) >= 11 is 6.11. The van der Waals surface area contributed by atoms with E-state index >= 15 is 0 Å². The van der Waals surface area contributed by atoms with Crippen molar-refractivity contribution in [3.05, 3.63) is 95.0 Å². The minimum absolute atomic E-state index is 0.219. The summed E-state index contributed by atoms with van der Waals surface area (Å²) in [5.74, 6) is 0.291. The predicted octanol–water partition coefficient (Wildman–Crippen LogP) is 5.35. The van der Waals surface area contributed by atoms with Crippen LogP contribution in [0.3, 0.4) is 0 Å². The smallest absolute Gasteiger partial charge is 0.215 e. The van der Waals surface area contributed by atoms with Crippen molar-refractivity contribution in [3.63, 3.8) is 0 Å². The van der Waals surface area contributed by atoms with Crippen molar-refractivity contribution in [2.75, 3.05) is 7.11 Å². The molecule has 3 aromatic rings. The molecule has 0 spiro atoms. The zero-order chi connectivity index (χ0) is 17.6. The van der Waals surface area contributed by atoms with Crippen molar-refractivity contribution in [1.82, 2.24) is 0 Å². The summed E-state index contributed by atoms with van der Waals surface area (Å²) in [6, 6.07) is 23.6. The van der Waals surface area contributed by atoms with Crippen LogP contribution < -0.4 is 4.74 Å². The lowest BCUT2D eigenvalue weighted by Gasteiger charge is -2.10. The summed E-state index contributed by atoms with van der Waals surface area (Å²) in [6.07, 6.45) is 0. The second-order valence-corrected chi connectivity index (χ2v) is 5.77. The van der Waals surface area contributed by atoms with Gasteiger partial charge in [-0.1, -0.05) is 54.1 Å². The SMILES string of the molecule is COc1ccccc1C(=O)C(=Nc1ccccc1)c1cccc(Cl)c1. The van der Waals surface area contributed by atoms with Crippen molar-refractivity contribution < 1.29 is 9.53 Å². The van der Waals surface area contributed by atoms with Crippen LogP contribution in [0.2, 0.25) is 5.02 Å². The molecular formula is C21H16ClNO2. The van der Waals surface area contributed by atoms with Crippen LogP contribution in [0.4, 0.5) is 5.69 Å². The van der Waals surface area contributed by atoms with Crippen LogP contribution in [0, 0.1) is 0 Å². The first-order valence-electron chi connectivity index (χ1n) is 7.76. The fourth-order valence-electron chi connectivity index (χ4n) is 2.47. The molecule has 4 heteroatoms. The van der Waals surface area contributed by atoms with Gasteiger partial charge < -0.3 is 4.74 Å². The number of hydrogen-bond donors (Lipinski definition) is 0. The molecule has 0 saturated carbocycles. The van der Waals surface area contributed by atoms with Crippen molar-refractivity contribution >= 4 is 28.8 Å². The lowest BCUT2D eigenvalue weighted by Crippen LogP contribution is -2.16. The Kier molecular flexibility index (Phi) is 5.26. The number of Topliss-reactive ketones (excluding diaryl/α,β-unsaturated/α-hetero) is 1. The molecule has 0 aromatic heterocycles. The molecule has 3 rings (SSSR count). The Hall–Kier alpha value is -2.91. The maximum Gasteiger partial charge on any atom is 0.215 e. The number of ether oxygens (including phenoxy) is 1. The van der Waals surface area contributed by atoms with Gasteiger partial charge in [0.15, 0.2) is 0 Å². The third kappa shape index (κ3) is 3.95. The van der Waals surface area contributed by atoms with Crippen LogP contribution in [-0.2, 0) is 0 Å². The van der Waals surface area contributed by atoms with Gasteiger partial charge in [0.2, 0.25) is 5.78 Å². The van der Waals surface area contributed by atoms with E-state index in [2.05, 4.69) is 4.99 Å². The van der Waals surface area contributed by atoms with Crippen LogP contribution in [0.25, 0.3) is 0 Å². The van der Waals surface area contributed by atoms with Gasteiger partial charge in [0.05, 0.1) is 18.4 Å². The highest BCUT2D eigenvalue weighted by Crippen LogP contribution is 2.23. The maximum atomic E-state index is 13.2. The Bertz CT molecular complexity index is 920. The number of halogens is 1. The van der Waals surface area contributed by atoms with Gasteiger partial charge in [-0.2, -0.15) is 0 Å². The molecule has 0 unspecified atom stereocenters. The van der Waals surface area contributed by atoms with E-state index in [0.717, 1.165) is 0 Å². The van der Waals surface area contributed by atoms with E-state index in [4.69, 9.17) is 16.3 Å². The van der Waals surface area contributed by atoms with Gasteiger partial charge in [0.1, 0.15) is 11.5 Å². The van der Waals surface area contributed by atoms with Gasteiger partial charge in [-0.05, 0) is 36.4 Å². The maximum absolute atomic E-state index is 13.2. The first kappa shape index (κ1) is 16.9. The monoisotopic (exact) mass is 349 g/mol. The van der Waals surface area contributed by atoms with Gasteiger partial charge >= 0.3 is 0 Å². The van der Waals surface area contributed by atoms with Crippen LogP contribution in [0.15, 0.2) is 83.9 Å². The minimum atomic E-state index is -0.219. The normalized spacial score (nSPS) is 11.2. The molecular weight excluding hydrogens is 334 g/mol. The highest BCUT2D eigenvalue weighted by atomic mass is 35.5. The van der Waals surface area contributed by atoms with E-state index in [9.17, 15) is 4.79 Å². The van der Waals surface area contributed by atoms with Gasteiger partial charge in [-0.15, -0.1) is 0 Å². The van der Waals surface area contributed by atoms with Crippen LogP contribution in [0.5, 0.6) is 5.75 Å². The number of aliphatic imine (C=N–C) groups is 1. The molecule has 0 aliphatic rings. The molecule has 0 amide bonds. The Balaban J connectivity index is 2.14. The first-order valence-corrected chi connectivity index (χ1v) is 8.14. The third-order valence-corrected chi connectivity index (χ3v) is 3.90. The zero-order valence-corrected chi connectivity index (χ0v) is 14.4. The van der Waals surface area contributed by atoms with E-state index in [1.807, 2.05) is 42.5 Å². The lowest BCUT2D eigenvalue weighted by molar-refractivity contribution is 0.106. The van der Waals surface area contributed by atoms with Crippen molar-refractivity contribution in [2.45, 2.75) is 0 Å². The molecule has 0 aliphatic carbocycles. The van der Waals surface area contributed by atoms with Crippen LogP contribution >= 0.6 is 11.6 Å². The molecule has 0 aliphatic heterocycles. The third-order valence-electron chi connectivity index (χ3n) is 3.66. The molecule has 3 nitrogen and oxygen atoms in total. The number of benzene rings is 3. The fraction of sp³-hybridized carbons (Fsp3) is 0.0476. The fourth-order valence-corrected chi connectivity index (χ4v) is 2.66. The molecule has 3 aromatic carbocycles. The summed E-state index contributed by atoms with van der Waals surface area (Å²) < 4.78 is 5.32. The summed E-state index contributed by atoms with van der Waals surface area (Å²) in [5.41, 5.74) is 2.13. The second kappa shape index (κ2) is 7.77. The van der Waals surface area contributed by atoms with Crippen LogP contribution in [0.1, 0.15) is 15.9 Å². The number of nitrogens with zero attached hydrogens (tertiary/aromatic N) is 1. The minimum Gasteiger partial charge on any atom is -0.496 e. The Morgan fingerprint density at radius 1 is 0.920 bits per heavy atom. The quantitative estimate of drug-likeness (QED) is 0.460. The summed E-state index contributed by atoms with van der Waals surface area (Å²) in [7, 11) is 1.54. The van der Waals surface area contributed by atoms with E-state index in [1.165, 1.54) is 0 Å². The van der Waals surface area contributed by atoms with Crippen molar-refractivity contribution in [2.24, 2.45) is 4.99 Å². The number of rotatable bonds is 5. The average Bonchev–Trinajstić information content (AvgIpc) is 2.66. The summed E-state index contributed by atoms with van der Waals surface area (Å²) in [5, 5.41) is 0.547.